The Balaban J connectivity index is 2.03. The first-order chi connectivity index (χ1) is 9.38. The van der Waals surface area contributed by atoms with Gasteiger partial charge in [-0.05, 0) is 25.3 Å². The molecule has 0 spiro atoms. The molecule has 2 rings (SSSR count). The Morgan fingerprint density at radius 3 is 2.55 bits per heavy atom. The molecule has 110 valence electrons. The fourth-order valence-corrected chi connectivity index (χ4v) is 4.04. The molecule has 1 heterocycles. The zero-order chi connectivity index (χ0) is 14.8. The van der Waals surface area contributed by atoms with Gasteiger partial charge in [0.05, 0.1) is 11.7 Å². The maximum Gasteiger partial charge on any atom is 0.306 e. The fraction of sp³-hybridized carbons (Fsp3) is 0.500. The Labute approximate surface area is 119 Å². The van der Waals surface area contributed by atoms with E-state index in [2.05, 4.69) is 0 Å². The molecule has 1 fully saturated rings. The van der Waals surface area contributed by atoms with E-state index in [1.807, 2.05) is 25.1 Å². The lowest BCUT2D eigenvalue weighted by atomic mass is 9.99. The van der Waals surface area contributed by atoms with Crippen molar-refractivity contribution in [3.63, 3.8) is 0 Å². The van der Waals surface area contributed by atoms with E-state index in [1.54, 1.807) is 6.07 Å². The minimum Gasteiger partial charge on any atom is -0.481 e. The second-order valence-electron chi connectivity index (χ2n) is 5.26. The van der Waals surface area contributed by atoms with Gasteiger partial charge in [0.2, 0.25) is 10.0 Å². The van der Waals surface area contributed by atoms with Crippen LogP contribution in [0.4, 0.5) is 0 Å². The summed E-state index contributed by atoms with van der Waals surface area (Å²) in [6.45, 7) is 2.52. The number of hydrogen-bond donors (Lipinski definition) is 1. The highest BCUT2D eigenvalue weighted by Gasteiger charge is 2.30. The Morgan fingerprint density at radius 2 is 2.00 bits per heavy atom. The van der Waals surface area contributed by atoms with Crippen LogP contribution < -0.4 is 0 Å². The van der Waals surface area contributed by atoms with Gasteiger partial charge in [0.1, 0.15) is 0 Å². The van der Waals surface area contributed by atoms with Crippen LogP contribution in [0.15, 0.2) is 24.3 Å². The van der Waals surface area contributed by atoms with Crippen LogP contribution in [-0.2, 0) is 20.6 Å². The molecule has 0 aromatic heterocycles. The summed E-state index contributed by atoms with van der Waals surface area (Å²) < 4.78 is 26.1. The van der Waals surface area contributed by atoms with Crippen molar-refractivity contribution < 1.29 is 18.3 Å². The highest BCUT2D eigenvalue weighted by Crippen LogP contribution is 2.22. The number of hydrogen-bond acceptors (Lipinski definition) is 3. The Kier molecular flexibility index (Phi) is 4.45. The molecule has 1 saturated heterocycles. The Bertz CT molecular complexity index is 589. The number of aryl methyl sites for hydroxylation is 1. The molecule has 0 saturated carbocycles. The molecular weight excluding hydrogens is 278 g/mol. The van der Waals surface area contributed by atoms with Crippen LogP contribution >= 0.6 is 0 Å². The number of carboxylic acid groups (broad SMARTS) is 1. The number of aliphatic carboxylic acids is 1. The van der Waals surface area contributed by atoms with Crippen LogP contribution in [0.2, 0.25) is 0 Å². The number of carboxylic acids is 1. The van der Waals surface area contributed by atoms with Crippen LogP contribution in [0.1, 0.15) is 24.0 Å². The third kappa shape index (κ3) is 3.58. The summed E-state index contributed by atoms with van der Waals surface area (Å²) in [5, 5.41) is 8.93. The van der Waals surface area contributed by atoms with Gasteiger partial charge >= 0.3 is 5.97 Å². The van der Waals surface area contributed by atoms with Crippen LogP contribution in [-0.4, -0.2) is 36.9 Å². The van der Waals surface area contributed by atoms with E-state index in [4.69, 9.17) is 5.11 Å². The van der Waals surface area contributed by atoms with Gasteiger partial charge < -0.3 is 5.11 Å². The SMILES string of the molecule is Cc1cccc(CS(=O)(=O)N2CCC(C(=O)O)CC2)c1. The first-order valence-electron chi connectivity index (χ1n) is 6.64. The van der Waals surface area contributed by atoms with Gasteiger partial charge in [-0.1, -0.05) is 29.8 Å². The highest BCUT2D eigenvalue weighted by atomic mass is 32.2. The van der Waals surface area contributed by atoms with Gasteiger partial charge in [-0.15, -0.1) is 0 Å². The van der Waals surface area contributed by atoms with E-state index in [1.165, 1.54) is 4.31 Å². The van der Waals surface area contributed by atoms with Gasteiger partial charge in [0, 0.05) is 13.1 Å². The van der Waals surface area contributed by atoms with Crippen molar-refractivity contribution in [1.29, 1.82) is 0 Å². The normalized spacial score (nSPS) is 18.1. The monoisotopic (exact) mass is 297 g/mol. The smallest absolute Gasteiger partial charge is 0.306 e. The van der Waals surface area contributed by atoms with E-state index in [0.717, 1.165) is 11.1 Å². The molecular formula is C14H19NO4S. The topological polar surface area (TPSA) is 74.7 Å². The molecule has 0 atom stereocenters. The largest absolute Gasteiger partial charge is 0.481 e. The minimum atomic E-state index is -3.36. The molecule has 1 aliphatic heterocycles. The van der Waals surface area contributed by atoms with Crippen molar-refractivity contribution >= 4 is 16.0 Å². The molecule has 1 aromatic rings. The zero-order valence-corrected chi connectivity index (χ0v) is 12.3. The standard InChI is InChI=1S/C14H19NO4S/c1-11-3-2-4-12(9-11)10-20(18,19)15-7-5-13(6-8-15)14(16)17/h2-4,9,13H,5-8,10H2,1H3,(H,16,17). The lowest BCUT2D eigenvalue weighted by molar-refractivity contribution is -0.142. The maximum absolute atomic E-state index is 12.3. The van der Waals surface area contributed by atoms with E-state index < -0.39 is 21.9 Å². The maximum atomic E-state index is 12.3. The summed E-state index contributed by atoms with van der Waals surface area (Å²) in [7, 11) is -3.36. The van der Waals surface area contributed by atoms with Gasteiger partial charge in [-0.3, -0.25) is 4.79 Å². The predicted octanol–water partition coefficient (Wildman–Crippen LogP) is 1.62. The highest BCUT2D eigenvalue weighted by molar-refractivity contribution is 7.88. The van der Waals surface area contributed by atoms with E-state index in [0.29, 0.717) is 25.9 Å². The molecule has 6 heteroatoms. The van der Waals surface area contributed by atoms with Crippen molar-refractivity contribution in [2.75, 3.05) is 13.1 Å². The van der Waals surface area contributed by atoms with Gasteiger partial charge in [-0.25, -0.2) is 12.7 Å². The lowest BCUT2D eigenvalue weighted by Gasteiger charge is -2.29. The first kappa shape index (κ1) is 15.0. The Hall–Kier alpha value is -1.40. The van der Waals surface area contributed by atoms with Crippen molar-refractivity contribution in [2.45, 2.75) is 25.5 Å². The summed E-state index contributed by atoms with van der Waals surface area (Å²) in [5.41, 5.74) is 1.80. The van der Waals surface area contributed by atoms with Gasteiger partial charge in [-0.2, -0.15) is 0 Å². The van der Waals surface area contributed by atoms with Crippen molar-refractivity contribution in [1.82, 2.24) is 4.31 Å². The molecule has 1 N–H and O–H groups in total. The minimum absolute atomic E-state index is 0.0214. The van der Waals surface area contributed by atoms with Gasteiger partial charge in [0.15, 0.2) is 0 Å². The van der Waals surface area contributed by atoms with Crippen LogP contribution in [0, 0.1) is 12.8 Å². The number of nitrogens with zero attached hydrogens (tertiary/aromatic N) is 1. The van der Waals surface area contributed by atoms with Crippen LogP contribution in [0.3, 0.4) is 0 Å². The molecule has 1 aromatic carbocycles. The summed E-state index contributed by atoms with van der Waals surface area (Å²) in [6.07, 6.45) is 0.783. The fourth-order valence-electron chi connectivity index (χ4n) is 2.48. The molecule has 0 bridgehead atoms. The first-order valence-corrected chi connectivity index (χ1v) is 8.25. The number of sulfonamides is 1. The molecule has 0 aliphatic carbocycles. The van der Waals surface area contributed by atoms with E-state index in [9.17, 15) is 13.2 Å². The molecule has 0 radical (unpaired) electrons. The van der Waals surface area contributed by atoms with E-state index >= 15 is 0 Å². The predicted molar refractivity (Wildman–Crippen MR) is 75.7 cm³/mol. The second-order valence-corrected chi connectivity index (χ2v) is 7.23. The molecule has 0 unspecified atom stereocenters. The zero-order valence-electron chi connectivity index (χ0n) is 11.4. The van der Waals surface area contributed by atoms with E-state index in [-0.39, 0.29) is 5.75 Å². The third-order valence-electron chi connectivity index (χ3n) is 3.63. The number of piperidine rings is 1. The quantitative estimate of drug-likeness (QED) is 0.916. The second kappa shape index (κ2) is 5.93. The molecule has 0 amide bonds. The molecule has 1 aliphatic rings. The molecule has 5 nitrogen and oxygen atoms in total. The average Bonchev–Trinajstić information content (AvgIpc) is 2.38. The number of benzene rings is 1. The Morgan fingerprint density at radius 1 is 1.35 bits per heavy atom. The molecule has 20 heavy (non-hydrogen) atoms. The van der Waals surface area contributed by atoms with Crippen LogP contribution in [0.25, 0.3) is 0 Å². The van der Waals surface area contributed by atoms with Gasteiger partial charge in [0.25, 0.3) is 0 Å². The van der Waals surface area contributed by atoms with Crippen molar-refractivity contribution in [2.24, 2.45) is 5.92 Å². The summed E-state index contributed by atoms with van der Waals surface area (Å²) >= 11 is 0. The van der Waals surface area contributed by atoms with Crippen molar-refractivity contribution in [3.05, 3.63) is 35.4 Å². The lowest BCUT2D eigenvalue weighted by Crippen LogP contribution is -2.40. The summed E-state index contributed by atoms with van der Waals surface area (Å²) in [6, 6.07) is 7.43. The summed E-state index contributed by atoms with van der Waals surface area (Å²) in [5.74, 6) is -1.27. The van der Waals surface area contributed by atoms with Crippen LogP contribution in [0.5, 0.6) is 0 Å². The number of rotatable bonds is 4. The van der Waals surface area contributed by atoms with Crippen molar-refractivity contribution in [3.8, 4) is 0 Å². The third-order valence-corrected chi connectivity index (χ3v) is 5.48. The summed E-state index contributed by atoms with van der Waals surface area (Å²) in [4.78, 5) is 10.9. The average molecular weight is 297 g/mol. The number of carbonyl (C=O) groups is 1.